The molecule has 0 radical (unpaired) electrons. The molecule has 5 rings (SSSR count). The van der Waals surface area contributed by atoms with Crippen LogP contribution in [0.15, 0.2) is 78.0 Å². The Bertz CT molecular complexity index is 1500. The Hall–Kier alpha value is -4.66. The van der Waals surface area contributed by atoms with Gasteiger partial charge in [-0.05, 0) is 47.7 Å². The SMILES string of the molecule is CCC(=O)N1c2ccccc2NC2=C(C(=O)C[C@@H](c3ccc(OC)c(OC)c3)C2)[C@@H]1c1cccc([N+](=O)[O-])c1. The second-order valence-electron chi connectivity index (χ2n) is 9.55. The smallest absolute Gasteiger partial charge is 0.269 e. The number of nitro groups is 1. The number of carbonyl (C=O) groups excluding carboxylic acids is 2. The summed E-state index contributed by atoms with van der Waals surface area (Å²) in [4.78, 5) is 40.3. The summed E-state index contributed by atoms with van der Waals surface area (Å²) in [5.74, 6) is 0.723. The van der Waals surface area contributed by atoms with Crippen LogP contribution < -0.4 is 19.7 Å². The summed E-state index contributed by atoms with van der Waals surface area (Å²) in [6, 6.07) is 18.4. The summed E-state index contributed by atoms with van der Waals surface area (Å²) >= 11 is 0. The molecule has 3 aromatic carbocycles. The van der Waals surface area contributed by atoms with Gasteiger partial charge >= 0.3 is 0 Å². The fourth-order valence-corrected chi connectivity index (χ4v) is 5.50. The van der Waals surface area contributed by atoms with Gasteiger partial charge in [0.15, 0.2) is 17.3 Å². The van der Waals surface area contributed by atoms with Crippen molar-refractivity contribution in [3.8, 4) is 11.5 Å². The van der Waals surface area contributed by atoms with Gasteiger partial charge in [0.25, 0.3) is 5.69 Å². The second kappa shape index (κ2) is 10.6. The number of methoxy groups -OCH3 is 2. The molecule has 0 bridgehead atoms. The van der Waals surface area contributed by atoms with E-state index >= 15 is 0 Å². The highest BCUT2D eigenvalue weighted by Gasteiger charge is 2.41. The summed E-state index contributed by atoms with van der Waals surface area (Å²) in [5.41, 5.74) is 3.79. The molecule has 1 aliphatic heterocycles. The Morgan fingerprint density at radius 3 is 2.49 bits per heavy atom. The third-order valence-corrected chi connectivity index (χ3v) is 7.34. The molecule has 39 heavy (non-hydrogen) atoms. The van der Waals surface area contributed by atoms with Crippen molar-refractivity contribution in [3.05, 3.63) is 99.2 Å². The number of para-hydroxylation sites is 2. The van der Waals surface area contributed by atoms with Crippen molar-refractivity contribution in [2.45, 2.75) is 38.1 Å². The first-order valence-electron chi connectivity index (χ1n) is 12.8. The van der Waals surface area contributed by atoms with Crippen molar-refractivity contribution in [1.29, 1.82) is 0 Å². The van der Waals surface area contributed by atoms with E-state index < -0.39 is 11.0 Å². The number of ketones is 1. The number of hydrogen-bond acceptors (Lipinski definition) is 7. The first-order valence-corrected chi connectivity index (χ1v) is 12.8. The molecule has 1 aliphatic carbocycles. The van der Waals surface area contributed by atoms with E-state index in [1.165, 1.54) is 12.1 Å². The zero-order valence-electron chi connectivity index (χ0n) is 22.0. The Balaban J connectivity index is 1.69. The third kappa shape index (κ3) is 4.71. The number of nitrogens with zero attached hydrogens (tertiary/aromatic N) is 2. The number of nitrogens with one attached hydrogen (secondary N) is 1. The van der Waals surface area contributed by atoms with Gasteiger partial charge in [0.2, 0.25) is 5.91 Å². The number of fused-ring (bicyclic) bond motifs is 1. The number of benzene rings is 3. The van der Waals surface area contributed by atoms with E-state index in [2.05, 4.69) is 5.32 Å². The molecule has 2 aliphatic rings. The van der Waals surface area contributed by atoms with Crippen LogP contribution in [-0.4, -0.2) is 30.8 Å². The van der Waals surface area contributed by atoms with Gasteiger partial charge in [0.05, 0.1) is 36.6 Å². The Morgan fingerprint density at radius 1 is 1.00 bits per heavy atom. The molecule has 0 saturated heterocycles. The van der Waals surface area contributed by atoms with E-state index in [-0.39, 0.29) is 36.1 Å². The monoisotopic (exact) mass is 527 g/mol. The first-order chi connectivity index (χ1) is 18.9. The van der Waals surface area contributed by atoms with Crippen LogP contribution in [0.1, 0.15) is 49.3 Å². The summed E-state index contributed by atoms with van der Waals surface area (Å²) in [5, 5.41) is 15.1. The molecule has 0 spiro atoms. The molecule has 3 aromatic rings. The molecular formula is C30H29N3O6. The van der Waals surface area contributed by atoms with Crippen LogP contribution in [0.4, 0.5) is 17.1 Å². The number of nitro benzene ring substituents is 1. The van der Waals surface area contributed by atoms with Crippen LogP contribution in [0.25, 0.3) is 0 Å². The number of anilines is 2. The van der Waals surface area contributed by atoms with Gasteiger partial charge in [-0.15, -0.1) is 0 Å². The van der Waals surface area contributed by atoms with Gasteiger partial charge in [0, 0.05) is 36.2 Å². The van der Waals surface area contributed by atoms with E-state index in [4.69, 9.17) is 9.47 Å². The highest BCUT2D eigenvalue weighted by atomic mass is 16.6. The minimum absolute atomic E-state index is 0.101. The Kier molecular flexibility index (Phi) is 7.06. The number of rotatable bonds is 6. The fourth-order valence-electron chi connectivity index (χ4n) is 5.50. The Labute approximate surface area is 226 Å². The Morgan fingerprint density at radius 2 is 1.77 bits per heavy atom. The highest BCUT2D eigenvalue weighted by Crippen LogP contribution is 2.48. The molecule has 1 amide bonds. The highest BCUT2D eigenvalue weighted by molar-refractivity contribution is 6.06. The van der Waals surface area contributed by atoms with Crippen LogP contribution in [0, 0.1) is 10.1 Å². The van der Waals surface area contributed by atoms with Crippen molar-refractivity contribution in [1.82, 2.24) is 0 Å². The maximum atomic E-state index is 14.0. The second-order valence-corrected chi connectivity index (χ2v) is 9.55. The lowest BCUT2D eigenvalue weighted by Crippen LogP contribution is -2.38. The average Bonchev–Trinajstić information content (AvgIpc) is 3.11. The summed E-state index contributed by atoms with van der Waals surface area (Å²) < 4.78 is 10.9. The van der Waals surface area contributed by atoms with E-state index in [9.17, 15) is 19.7 Å². The quantitative estimate of drug-likeness (QED) is 0.313. The van der Waals surface area contributed by atoms with Gasteiger partial charge in [-0.3, -0.25) is 24.6 Å². The van der Waals surface area contributed by atoms with Crippen LogP contribution in [-0.2, 0) is 9.59 Å². The molecule has 0 aromatic heterocycles. The number of hydrogen-bond donors (Lipinski definition) is 1. The van der Waals surface area contributed by atoms with E-state index in [0.29, 0.717) is 46.1 Å². The summed E-state index contributed by atoms with van der Waals surface area (Å²) in [7, 11) is 3.14. The van der Waals surface area contributed by atoms with Gasteiger partial charge in [0.1, 0.15) is 0 Å². The normalized spacial score (nSPS) is 18.4. The standard InChI is InChI=1S/C30H29N3O6/c1-4-28(35)32-24-11-6-5-10-22(24)31-23-15-20(18-12-13-26(38-2)27(17-18)39-3)16-25(34)29(23)30(32)19-8-7-9-21(14-19)33(36)37/h5-14,17,20,30-31H,4,15-16H2,1-3H3/t20-,30-/m0/s1. The lowest BCUT2D eigenvalue weighted by molar-refractivity contribution is -0.384. The van der Waals surface area contributed by atoms with Crippen LogP contribution in [0.5, 0.6) is 11.5 Å². The number of carbonyl (C=O) groups is 2. The van der Waals surface area contributed by atoms with Crippen molar-refractivity contribution < 1.29 is 24.0 Å². The number of amides is 1. The molecular weight excluding hydrogens is 498 g/mol. The predicted octanol–water partition coefficient (Wildman–Crippen LogP) is 5.92. The van der Waals surface area contributed by atoms with Crippen LogP contribution in [0.3, 0.4) is 0 Å². The van der Waals surface area contributed by atoms with Crippen molar-refractivity contribution in [3.63, 3.8) is 0 Å². The van der Waals surface area contributed by atoms with Crippen LogP contribution >= 0.6 is 0 Å². The zero-order chi connectivity index (χ0) is 27.7. The van der Waals surface area contributed by atoms with E-state index in [1.807, 2.05) is 42.5 Å². The number of Topliss-reactive ketones (excluding diaryl/α,β-unsaturated/α-hetero) is 1. The lowest BCUT2D eigenvalue weighted by atomic mass is 9.78. The van der Waals surface area contributed by atoms with E-state index in [0.717, 1.165) is 5.56 Å². The van der Waals surface area contributed by atoms with Crippen LogP contribution in [0.2, 0.25) is 0 Å². The molecule has 0 saturated carbocycles. The minimum Gasteiger partial charge on any atom is -0.493 e. The molecule has 2 atom stereocenters. The molecule has 9 nitrogen and oxygen atoms in total. The summed E-state index contributed by atoms with van der Waals surface area (Å²) in [6.07, 6.45) is 0.918. The number of non-ortho nitro benzene ring substituents is 1. The maximum Gasteiger partial charge on any atom is 0.269 e. The van der Waals surface area contributed by atoms with E-state index in [1.54, 1.807) is 38.2 Å². The number of ether oxygens (including phenoxy) is 2. The average molecular weight is 528 g/mol. The zero-order valence-corrected chi connectivity index (χ0v) is 22.0. The van der Waals surface area contributed by atoms with Gasteiger partial charge in [-0.1, -0.05) is 37.3 Å². The van der Waals surface area contributed by atoms with Gasteiger partial charge < -0.3 is 14.8 Å². The molecule has 1 heterocycles. The third-order valence-electron chi connectivity index (χ3n) is 7.34. The molecule has 1 N–H and O–H groups in total. The largest absolute Gasteiger partial charge is 0.493 e. The molecule has 9 heteroatoms. The first kappa shape index (κ1) is 26.0. The molecule has 200 valence electrons. The molecule has 0 fully saturated rings. The minimum atomic E-state index is -0.817. The van der Waals surface area contributed by atoms with Gasteiger partial charge in [-0.25, -0.2) is 0 Å². The van der Waals surface area contributed by atoms with Crippen molar-refractivity contribution in [2.24, 2.45) is 0 Å². The fraction of sp³-hybridized carbons (Fsp3) is 0.267. The number of allylic oxidation sites excluding steroid dienone is 1. The van der Waals surface area contributed by atoms with Gasteiger partial charge in [-0.2, -0.15) is 0 Å². The predicted molar refractivity (Wildman–Crippen MR) is 147 cm³/mol. The lowest BCUT2D eigenvalue weighted by Gasteiger charge is -2.35. The topological polar surface area (TPSA) is 111 Å². The molecule has 0 unspecified atom stereocenters. The summed E-state index contributed by atoms with van der Waals surface area (Å²) in [6.45, 7) is 1.76. The van der Waals surface area contributed by atoms with Crippen molar-refractivity contribution >= 4 is 28.8 Å². The van der Waals surface area contributed by atoms with Crippen molar-refractivity contribution in [2.75, 3.05) is 24.4 Å². The maximum absolute atomic E-state index is 14.0.